The van der Waals surface area contributed by atoms with Crippen molar-refractivity contribution >= 4 is 8.32 Å². The highest BCUT2D eigenvalue weighted by atomic mass is 28.4. The largest absolute Gasteiger partial charge is 0.414 e. The van der Waals surface area contributed by atoms with E-state index in [-0.39, 0.29) is 11.6 Å². The maximum absolute atomic E-state index is 15.1. The summed E-state index contributed by atoms with van der Waals surface area (Å²) in [6.45, 7) is 11.5. The van der Waals surface area contributed by atoms with Crippen molar-refractivity contribution in [2.45, 2.75) is 69.9 Å². The van der Waals surface area contributed by atoms with Gasteiger partial charge in [0.2, 0.25) is 0 Å². The Balaban J connectivity index is 2.22. The summed E-state index contributed by atoms with van der Waals surface area (Å²) >= 11 is 0. The first-order valence-electron chi connectivity index (χ1n) is 8.25. The van der Waals surface area contributed by atoms with Crippen LogP contribution < -0.4 is 11.2 Å². The number of aliphatic hydroxyl groups is 1. The summed E-state index contributed by atoms with van der Waals surface area (Å²) < 4.78 is 27.6. The smallest absolute Gasteiger partial charge is 0.330 e. The summed E-state index contributed by atoms with van der Waals surface area (Å²) in [5.41, 5.74) is -3.58. The van der Waals surface area contributed by atoms with Gasteiger partial charge in [-0.2, -0.15) is 0 Å². The lowest BCUT2D eigenvalue weighted by Gasteiger charge is -2.37. The fraction of sp³-hybridized carbons (Fsp3) is 0.750. The van der Waals surface area contributed by atoms with Crippen molar-refractivity contribution < 1.29 is 18.7 Å². The number of aliphatic hydroxyl groups excluding tert-OH is 1. The summed E-state index contributed by atoms with van der Waals surface area (Å²) in [6, 6.07) is 1.10. The van der Waals surface area contributed by atoms with Gasteiger partial charge in [-0.25, -0.2) is 9.18 Å². The zero-order valence-electron chi connectivity index (χ0n) is 15.5. The molecule has 1 fully saturated rings. The molecule has 0 radical (unpaired) electrons. The highest BCUT2D eigenvalue weighted by molar-refractivity contribution is 6.74. The summed E-state index contributed by atoms with van der Waals surface area (Å²) in [7, 11) is -2.10. The summed E-state index contributed by atoms with van der Waals surface area (Å²) in [5, 5.41) is 10.3. The van der Waals surface area contributed by atoms with Crippen molar-refractivity contribution in [2.75, 3.05) is 6.61 Å². The Bertz CT molecular complexity index is 737. The molecule has 4 unspecified atom stereocenters. The maximum Gasteiger partial charge on any atom is 0.330 e. The lowest BCUT2D eigenvalue weighted by Crippen LogP contribution is -2.46. The molecule has 2 rings (SSSR count). The molecule has 2 N–H and O–H groups in total. The lowest BCUT2D eigenvalue weighted by atomic mass is 9.98. The Morgan fingerprint density at radius 2 is 2.04 bits per heavy atom. The van der Waals surface area contributed by atoms with E-state index in [1.165, 1.54) is 6.92 Å². The number of aromatic nitrogens is 2. The molecule has 142 valence electrons. The summed E-state index contributed by atoms with van der Waals surface area (Å²) in [6.07, 6.45) is -2.55. The Hall–Kier alpha value is -1.29. The monoisotopic (exact) mass is 374 g/mol. The average Bonchev–Trinajstić information content (AvgIpc) is 2.67. The quantitative estimate of drug-likeness (QED) is 0.780. The number of nitrogens with one attached hydrogen (secondary N) is 1. The molecule has 0 saturated carbocycles. The third-order valence-electron chi connectivity index (χ3n) is 5.24. The van der Waals surface area contributed by atoms with Gasteiger partial charge in [0.05, 0.1) is 6.61 Å². The molecule has 1 aromatic rings. The summed E-state index contributed by atoms with van der Waals surface area (Å²) in [4.78, 5) is 25.2. The van der Waals surface area contributed by atoms with Gasteiger partial charge in [0, 0.05) is 12.3 Å². The fourth-order valence-corrected chi connectivity index (χ4v) is 3.48. The molecule has 1 aliphatic rings. The molecule has 0 aromatic carbocycles. The minimum Gasteiger partial charge on any atom is -0.414 e. The number of hydrogen-bond acceptors (Lipinski definition) is 5. The molecule has 4 atom stereocenters. The zero-order valence-corrected chi connectivity index (χ0v) is 16.5. The number of hydrogen-bond donors (Lipinski definition) is 2. The minimum atomic E-state index is -2.20. The molecule has 2 heterocycles. The van der Waals surface area contributed by atoms with Gasteiger partial charge >= 0.3 is 5.69 Å². The molecule has 9 heteroatoms. The van der Waals surface area contributed by atoms with Gasteiger partial charge in [0.1, 0.15) is 12.2 Å². The Kier molecular flexibility index (Phi) is 5.17. The number of H-pyrrole nitrogens is 1. The number of halogens is 1. The van der Waals surface area contributed by atoms with E-state index in [2.05, 4.69) is 25.8 Å². The normalized spacial score (nSPS) is 30.6. The van der Waals surface area contributed by atoms with E-state index < -0.39 is 43.7 Å². The Labute approximate surface area is 146 Å². The number of alkyl halides is 1. The van der Waals surface area contributed by atoms with Crippen molar-refractivity contribution in [3.8, 4) is 0 Å². The van der Waals surface area contributed by atoms with Gasteiger partial charge in [0.15, 0.2) is 20.2 Å². The molecule has 7 nitrogen and oxygen atoms in total. The van der Waals surface area contributed by atoms with E-state index >= 15 is 4.39 Å². The van der Waals surface area contributed by atoms with E-state index in [9.17, 15) is 14.7 Å². The van der Waals surface area contributed by atoms with Crippen LogP contribution >= 0.6 is 0 Å². The first-order valence-corrected chi connectivity index (χ1v) is 11.2. The first-order chi connectivity index (χ1) is 11.3. The second-order valence-electron chi connectivity index (χ2n) is 8.21. The molecule has 1 aromatic heterocycles. The molecule has 0 amide bonds. The van der Waals surface area contributed by atoms with E-state index in [0.717, 1.165) is 16.8 Å². The van der Waals surface area contributed by atoms with Crippen molar-refractivity contribution in [2.24, 2.45) is 0 Å². The number of aromatic amines is 1. The van der Waals surface area contributed by atoms with Crippen LogP contribution in [0.3, 0.4) is 0 Å². The predicted octanol–water partition coefficient (Wildman–Crippen LogP) is 1.54. The van der Waals surface area contributed by atoms with Crippen LogP contribution in [0.5, 0.6) is 0 Å². The van der Waals surface area contributed by atoms with Crippen molar-refractivity contribution in [1.29, 1.82) is 0 Å². The van der Waals surface area contributed by atoms with Gasteiger partial charge in [-0.15, -0.1) is 0 Å². The lowest BCUT2D eigenvalue weighted by molar-refractivity contribution is -0.0597. The van der Waals surface area contributed by atoms with E-state index in [0.29, 0.717) is 0 Å². The molecule has 1 saturated heterocycles. The first kappa shape index (κ1) is 20.0. The molecule has 0 bridgehead atoms. The maximum atomic E-state index is 15.1. The van der Waals surface area contributed by atoms with Crippen LogP contribution in [0.25, 0.3) is 0 Å². The van der Waals surface area contributed by atoms with Crippen molar-refractivity contribution in [3.63, 3.8) is 0 Å². The van der Waals surface area contributed by atoms with Crippen LogP contribution in [-0.2, 0) is 9.16 Å². The Morgan fingerprint density at radius 3 is 2.56 bits per heavy atom. The minimum absolute atomic E-state index is 0.0335. The highest BCUT2D eigenvalue weighted by Gasteiger charge is 2.55. The predicted molar refractivity (Wildman–Crippen MR) is 93.9 cm³/mol. The molecule has 25 heavy (non-hydrogen) atoms. The highest BCUT2D eigenvalue weighted by Crippen LogP contribution is 2.42. The van der Waals surface area contributed by atoms with Crippen molar-refractivity contribution in [3.05, 3.63) is 33.1 Å². The molecular weight excluding hydrogens is 347 g/mol. The Morgan fingerprint density at radius 1 is 1.44 bits per heavy atom. The van der Waals surface area contributed by atoms with Crippen LogP contribution in [0.1, 0.15) is 33.9 Å². The zero-order chi connectivity index (χ0) is 19.2. The molecule has 0 spiro atoms. The summed E-state index contributed by atoms with van der Waals surface area (Å²) in [5.74, 6) is 0. The average molecular weight is 374 g/mol. The number of rotatable bonds is 4. The van der Waals surface area contributed by atoms with Crippen LogP contribution in [-0.4, -0.2) is 47.5 Å². The van der Waals surface area contributed by atoms with Gasteiger partial charge in [-0.05, 0) is 25.1 Å². The van der Waals surface area contributed by atoms with Crippen LogP contribution in [0.2, 0.25) is 18.1 Å². The third-order valence-corrected chi connectivity index (χ3v) is 9.74. The SMILES string of the molecule is CC1(F)C(O)C(CO[Si](C)(C)C(C)(C)C)OC1n1ccc(=O)[nH]c1=O. The van der Waals surface area contributed by atoms with Crippen LogP contribution in [0.4, 0.5) is 4.39 Å². The molecular formula is C16H27FN2O5Si. The van der Waals surface area contributed by atoms with Gasteiger partial charge in [-0.3, -0.25) is 14.3 Å². The van der Waals surface area contributed by atoms with Gasteiger partial charge in [0.25, 0.3) is 5.56 Å². The van der Waals surface area contributed by atoms with E-state index in [4.69, 9.17) is 9.16 Å². The van der Waals surface area contributed by atoms with Crippen LogP contribution in [0, 0.1) is 0 Å². The van der Waals surface area contributed by atoms with E-state index in [1.54, 1.807) is 0 Å². The van der Waals surface area contributed by atoms with Crippen LogP contribution in [0.15, 0.2) is 21.9 Å². The van der Waals surface area contributed by atoms with Gasteiger partial charge < -0.3 is 14.3 Å². The number of ether oxygens (including phenoxy) is 1. The second-order valence-corrected chi connectivity index (χ2v) is 13.0. The standard InChI is InChI=1S/C16H27FN2O5Si/c1-15(2,3)25(5,6)23-9-10-12(21)16(4,17)13(24-10)19-8-7-11(20)18-14(19)22/h7-8,10,12-13,21H,9H2,1-6H3,(H,18,20,22). The third kappa shape index (κ3) is 3.79. The fourth-order valence-electron chi connectivity index (χ4n) is 2.47. The number of nitrogens with zero attached hydrogens (tertiary/aromatic N) is 1. The topological polar surface area (TPSA) is 93.5 Å². The second kappa shape index (κ2) is 6.46. The molecule has 1 aliphatic heterocycles. The van der Waals surface area contributed by atoms with Crippen molar-refractivity contribution in [1.82, 2.24) is 9.55 Å². The van der Waals surface area contributed by atoms with E-state index in [1.807, 2.05) is 13.1 Å². The van der Waals surface area contributed by atoms with Gasteiger partial charge in [-0.1, -0.05) is 20.8 Å². The molecule has 0 aliphatic carbocycles.